The van der Waals surface area contributed by atoms with Crippen molar-refractivity contribution in [2.75, 3.05) is 33.5 Å². The van der Waals surface area contributed by atoms with Crippen LogP contribution in [-0.2, 0) is 13.7 Å². The van der Waals surface area contributed by atoms with Crippen molar-refractivity contribution < 1.29 is 26.8 Å². The Morgan fingerprint density at radius 3 is 2.48 bits per heavy atom. The standard InChI is InChI=1S/C13H26F3NO3S/c1-3-4-8-20-21-17-12(5-7-13(14,15)16)6-9-19-11-10-18-2/h12,17H,3-11H2,1-2H3. The van der Waals surface area contributed by atoms with Gasteiger partial charge in [-0.25, -0.2) is 4.72 Å². The lowest BCUT2D eigenvalue weighted by atomic mass is 10.1. The Bertz CT molecular complexity index is 219. The van der Waals surface area contributed by atoms with E-state index in [0.717, 1.165) is 25.1 Å². The van der Waals surface area contributed by atoms with Gasteiger partial charge < -0.3 is 13.7 Å². The van der Waals surface area contributed by atoms with Crippen molar-refractivity contribution in [3.05, 3.63) is 0 Å². The lowest BCUT2D eigenvalue weighted by Gasteiger charge is -2.18. The summed E-state index contributed by atoms with van der Waals surface area (Å²) < 4.78 is 55.1. The summed E-state index contributed by atoms with van der Waals surface area (Å²) in [4.78, 5) is 0. The summed E-state index contributed by atoms with van der Waals surface area (Å²) in [5.74, 6) is 0. The van der Waals surface area contributed by atoms with Gasteiger partial charge in [0.1, 0.15) is 0 Å². The van der Waals surface area contributed by atoms with Gasteiger partial charge in [-0.15, -0.1) is 0 Å². The third kappa shape index (κ3) is 16.2. The topological polar surface area (TPSA) is 39.7 Å². The van der Waals surface area contributed by atoms with E-state index in [9.17, 15) is 13.2 Å². The van der Waals surface area contributed by atoms with Crippen LogP contribution in [0.15, 0.2) is 0 Å². The van der Waals surface area contributed by atoms with Gasteiger partial charge >= 0.3 is 6.18 Å². The molecular formula is C13H26F3NO3S. The minimum atomic E-state index is -4.13. The number of ether oxygens (including phenoxy) is 2. The van der Waals surface area contributed by atoms with E-state index in [1.54, 1.807) is 7.11 Å². The van der Waals surface area contributed by atoms with Crippen LogP contribution in [0.25, 0.3) is 0 Å². The maximum absolute atomic E-state index is 12.3. The number of rotatable bonds is 14. The van der Waals surface area contributed by atoms with Crippen LogP contribution in [0.2, 0.25) is 0 Å². The van der Waals surface area contributed by atoms with Crippen molar-refractivity contribution >= 4 is 12.2 Å². The van der Waals surface area contributed by atoms with E-state index in [2.05, 4.69) is 4.72 Å². The van der Waals surface area contributed by atoms with Gasteiger partial charge in [0.05, 0.1) is 32.0 Å². The molecule has 4 nitrogen and oxygen atoms in total. The molecule has 0 bridgehead atoms. The van der Waals surface area contributed by atoms with E-state index >= 15 is 0 Å². The van der Waals surface area contributed by atoms with Gasteiger partial charge in [0.2, 0.25) is 0 Å². The van der Waals surface area contributed by atoms with Crippen molar-refractivity contribution in [3.8, 4) is 0 Å². The zero-order valence-corrected chi connectivity index (χ0v) is 13.5. The maximum atomic E-state index is 12.3. The highest BCUT2D eigenvalue weighted by molar-refractivity contribution is 7.92. The molecule has 1 N–H and O–H groups in total. The first kappa shape index (κ1) is 21.0. The van der Waals surface area contributed by atoms with Gasteiger partial charge in [-0.05, 0) is 19.3 Å². The van der Waals surface area contributed by atoms with Crippen LogP contribution in [0, 0.1) is 0 Å². The zero-order valence-electron chi connectivity index (χ0n) is 12.7. The number of hydrogen-bond acceptors (Lipinski definition) is 5. The first-order valence-corrected chi connectivity index (χ1v) is 7.91. The quantitative estimate of drug-likeness (QED) is 0.298. The van der Waals surface area contributed by atoms with E-state index in [1.165, 1.54) is 0 Å². The second-order valence-corrected chi connectivity index (χ2v) is 5.26. The first-order valence-electron chi connectivity index (χ1n) is 7.17. The first-order chi connectivity index (χ1) is 9.99. The van der Waals surface area contributed by atoms with Gasteiger partial charge in [-0.2, -0.15) is 13.2 Å². The summed E-state index contributed by atoms with van der Waals surface area (Å²) in [5.41, 5.74) is 0. The molecule has 1 unspecified atom stereocenters. The lowest BCUT2D eigenvalue weighted by molar-refractivity contribution is -0.136. The highest BCUT2D eigenvalue weighted by Crippen LogP contribution is 2.23. The molecule has 128 valence electrons. The molecule has 21 heavy (non-hydrogen) atoms. The lowest BCUT2D eigenvalue weighted by Crippen LogP contribution is -2.27. The highest BCUT2D eigenvalue weighted by Gasteiger charge is 2.28. The molecule has 0 heterocycles. The number of hydrogen-bond donors (Lipinski definition) is 1. The zero-order chi connectivity index (χ0) is 16.0. The average molecular weight is 333 g/mol. The van der Waals surface area contributed by atoms with Crippen molar-refractivity contribution in [3.63, 3.8) is 0 Å². The van der Waals surface area contributed by atoms with E-state index in [0.29, 0.717) is 32.8 Å². The summed E-state index contributed by atoms with van der Waals surface area (Å²) in [7, 11) is 1.57. The van der Waals surface area contributed by atoms with Crippen LogP contribution in [0.3, 0.4) is 0 Å². The molecule has 1 atom stereocenters. The third-order valence-corrected chi connectivity index (χ3v) is 3.39. The normalized spacial score (nSPS) is 13.6. The van der Waals surface area contributed by atoms with Crippen LogP contribution in [0.5, 0.6) is 0 Å². The molecule has 0 radical (unpaired) electrons. The Morgan fingerprint density at radius 1 is 1.10 bits per heavy atom. The molecule has 0 fully saturated rings. The minimum absolute atomic E-state index is 0.0152. The Hall–Kier alpha value is -0.0200. The van der Waals surface area contributed by atoms with Gasteiger partial charge in [0, 0.05) is 26.2 Å². The van der Waals surface area contributed by atoms with Crippen molar-refractivity contribution in [2.24, 2.45) is 0 Å². The molecule has 0 spiro atoms. The molecule has 8 heteroatoms. The van der Waals surface area contributed by atoms with Crippen LogP contribution < -0.4 is 4.72 Å². The number of methoxy groups -OCH3 is 1. The highest BCUT2D eigenvalue weighted by atomic mass is 32.2. The van der Waals surface area contributed by atoms with E-state index < -0.39 is 12.6 Å². The Labute approximate surface area is 129 Å². The smallest absolute Gasteiger partial charge is 0.382 e. The fraction of sp³-hybridized carbons (Fsp3) is 1.00. The van der Waals surface area contributed by atoms with Gasteiger partial charge in [0.25, 0.3) is 0 Å². The molecule has 0 saturated heterocycles. The number of unbranched alkanes of at least 4 members (excludes halogenated alkanes) is 1. The largest absolute Gasteiger partial charge is 0.389 e. The molecule has 0 aromatic rings. The van der Waals surface area contributed by atoms with Gasteiger partial charge in [-0.1, -0.05) is 13.3 Å². The molecular weight excluding hydrogens is 307 g/mol. The second kappa shape index (κ2) is 13.6. The molecule has 0 aromatic heterocycles. The SMILES string of the molecule is CCCCOSNC(CCOCCOC)CCC(F)(F)F. The van der Waals surface area contributed by atoms with Crippen LogP contribution in [0.4, 0.5) is 13.2 Å². The van der Waals surface area contributed by atoms with E-state index in [4.69, 9.17) is 13.7 Å². The molecule has 0 saturated carbocycles. The molecule has 0 aliphatic heterocycles. The summed E-state index contributed by atoms with van der Waals surface area (Å²) in [5, 5.41) is 0. The fourth-order valence-electron chi connectivity index (χ4n) is 1.42. The molecule has 0 amide bonds. The predicted molar refractivity (Wildman–Crippen MR) is 78.0 cm³/mol. The predicted octanol–water partition coefficient (Wildman–Crippen LogP) is 3.72. The minimum Gasteiger partial charge on any atom is -0.382 e. The summed E-state index contributed by atoms with van der Waals surface area (Å²) in [6.07, 6.45) is -2.47. The monoisotopic (exact) mass is 333 g/mol. The van der Waals surface area contributed by atoms with Gasteiger partial charge in [-0.3, -0.25) is 0 Å². The second-order valence-electron chi connectivity index (χ2n) is 4.62. The summed E-state index contributed by atoms with van der Waals surface area (Å²) >= 11 is 1.02. The van der Waals surface area contributed by atoms with Crippen molar-refractivity contribution in [2.45, 2.75) is 51.2 Å². The van der Waals surface area contributed by atoms with Crippen molar-refractivity contribution in [1.29, 1.82) is 0 Å². The molecule has 0 aliphatic rings. The number of nitrogens with one attached hydrogen (secondary N) is 1. The maximum Gasteiger partial charge on any atom is 0.389 e. The van der Waals surface area contributed by atoms with Crippen LogP contribution in [-0.4, -0.2) is 45.8 Å². The Balaban J connectivity index is 3.85. The summed E-state index contributed by atoms with van der Waals surface area (Å²) in [6.45, 7) is 3.96. The number of alkyl halides is 3. The van der Waals surface area contributed by atoms with E-state index in [1.807, 2.05) is 6.92 Å². The van der Waals surface area contributed by atoms with Gasteiger partial charge in [0.15, 0.2) is 0 Å². The summed E-state index contributed by atoms with van der Waals surface area (Å²) in [6, 6.07) is -0.291. The Kier molecular flexibility index (Phi) is 13.6. The Morgan fingerprint density at radius 2 is 1.86 bits per heavy atom. The molecule has 0 rings (SSSR count). The van der Waals surface area contributed by atoms with E-state index in [-0.39, 0.29) is 12.5 Å². The third-order valence-electron chi connectivity index (χ3n) is 2.67. The van der Waals surface area contributed by atoms with Crippen LogP contribution in [0.1, 0.15) is 39.0 Å². The fourth-order valence-corrected chi connectivity index (χ4v) is 2.06. The molecule has 0 aliphatic carbocycles. The number of halogens is 3. The van der Waals surface area contributed by atoms with Crippen molar-refractivity contribution in [1.82, 2.24) is 4.72 Å². The van der Waals surface area contributed by atoms with Crippen LogP contribution >= 0.6 is 12.2 Å². The molecule has 0 aromatic carbocycles. The average Bonchev–Trinajstić information content (AvgIpc) is 2.42.